The fourth-order valence-electron chi connectivity index (χ4n) is 2.90. The molecular weight excluding hydrogens is 376 g/mol. The normalized spacial score (nSPS) is 10.5. The zero-order valence-corrected chi connectivity index (χ0v) is 16.2. The lowest BCUT2D eigenvalue weighted by atomic mass is 10.1. The molecule has 0 aliphatic heterocycles. The predicted octanol–water partition coefficient (Wildman–Crippen LogP) is 4.55. The fraction of sp³-hybridized carbons (Fsp3) is 0.190. The summed E-state index contributed by atoms with van der Waals surface area (Å²) in [6.07, 6.45) is 0.705. The molecule has 0 N–H and O–H groups in total. The maximum absolute atomic E-state index is 13.1. The molecule has 2 aromatic carbocycles. The zero-order valence-electron chi connectivity index (χ0n) is 15.4. The van der Waals surface area contributed by atoms with Crippen LogP contribution in [0.4, 0.5) is 5.69 Å². The highest BCUT2D eigenvalue weighted by atomic mass is 32.1. The molecule has 0 saturated carbocycles. The van der Waals surface area contributed by atoms with Gasteiger partial charge in [-0.3, -0.25) is 14.9 Å². The van der Waals surface area contributed by atoms with Crippen LogP contribution in [-0.4, -0.2) is 29.4 Å². The minimum Gasteiger partial charge on any atom is -0.490 e. The van der Waals surface area contributed by atoms with Gasteiger partial charge in [0.2, 0.25) is 0 Å². The molecule has 28 heavy (non-hydrogen) atoms. The summed E-state index contributed by atoms with van der Waals surface area (Å²) in [6, 6.07) is 18.2. The Morgan fingerprint density at radius 3 is 2.57 bits per heavy atom. The summed E-state index contributed by atoms with van der Waals surface area (Å²) < 4.78 is 5.03. The van der Waals surface area contributed by atoms with Gasteiger partial charge < -0.3 is 9.64 Å². The SMILES string of the molecule is COc1ccc(C(=O)N(CCc2ccccc2)Cc2cccs2)cc1[N+](=O)[O-]. The van der Waals surface area contributed by atoms with Gasteiger partial charge in [-0.05, 0) is 35.6 Å². The van der Waals surface area contributed by atoms with E-state index >= 15 is 0 Å². The van der Waals surface area contributed by atoms with Crippen molar-refractivity contribution >= 4 is 22.9 Å². The first kappa shape index (κ1) is 19.6. The van der Waals surface area contributed by atoms with E-state index in [0.29, 0.717) is 19.5 Å². The van der Waals surface area contributed by atoms with Crippen LogP contribution < -0.4 is 4.74 Å². The van der Waals surface area contributed by atoms with Crippen LogP contribution in [0.2, 0.25) is 0 Å². The van der Waals surface area contributed by atoms with Crippen molar-refractivity contribution in [3.05, 3.63) is 92.2 Å². The van der Waals surface area contributed by atoms with E-state index in [1.807, 2.05) is 47.8 Å². The van der Waals surface area contributed by atoms with E-state index in [9.17, 15) is 14.9 Å². The first-order valence-electron chi connectivity index (χ1n) is 8.76. The molecule has 0 spiro atoms. The number of rotatable bonds is 8. The number of amides is 1. The quantitative estimate of drug-likeness (QED) is 0.414. The highest BCUT2D eigenvalue weighted by molar-refractivity contribution is 7.09. The van der Waals surface area contributed by atoms with Gasteiger partial charge in [-0.25, -0.2) is 0 Å². The van der Waals surface area contributed by atoms with Gasteiger partial charge in [0.25, 0.3) is 5.91 Å². The lowest BCUT2D eigenvalue weighted by molar-refractivity contribution is -0.385. The lowest BCUT2D eigenvalue weighted by Gasteiger charge is -2.22. The summed E-state index contributed by atoms with van der Waals surface area (Å²) in [7, 11) is 1.37. The van der Waals surface area contributed by atoms with E-state index < -0.39 is 4.92 Å². The van der Waals surface area contributed by atoms with Gasteiger partial charge in [0, 0.05) is 23.1 Å². The Bertz CT molecular complexity index is 942. The number of nitrogens with zero attached hydrogens (tertiary/aromatic N) is 2. The Morgan fingerprint density at radius 1 is 1.14 bits per heavy atom. The van der Waals surface area contributed by atoms with E-state index in [4.69, 9.17) is 4.74 Å². The van der Waals surface area contributed by atoms with E-state index in [1.54, 1.807) is 22.3 Å². The van der Waals surface area contributed by atoms with Crippen LogP contribution in [0.3, 0.4) is 0 Å². The van der Waals surface area contributed by atoms with E-state index in [0.717, 1.165) is 10.4 Å². The molecule has 0 aliphatic rings. The van der Waals surface area contributed by atoms with Gasteiger partial charge in [-0.1, -0.05) is 36.4 Å². The maximum Gasteiger partial charge on any atom is 0.311 e. The van der Waals surface area contributed by atoms with Gasteiger partial charge >= 0.3 is 5.69 Å². The number of carbonyl (C=O) groups excluding carboxylic acids is 1. The van der Waals surface area contributed by atoms with Crippen molar-refractivity contribution in [2.45, 2.75) is 13.0 Å². The topological polar surface area (TPSA) is 72.7 Å². The zero-order chi connectivity index (χ0) is 19.9. The number of methoxy groups -OCH3 is 1. The van der Waals surface area contributed by atoms with Crippen molar-refractivity contribution < 1.29 is 14.5 Å². The number of nitro benzene ring substituents is 1. The molecule has 1 heterocycles. The molecule has 1 aromatic heterocycles. The highest BCUT2D eigenvalue weighted by Gasteiger charge is 2.22. The van der Waals surface area contributed by atoms with E-state index in [2.05, 4.69) is 0 Å². The Labute approximate surface area is 167 Å². The minimum absolute atomic E-state index is 0.135. The first-order chi connectivity index (χ1) is 13.6. The third kappa shape index (κ3) is 4.75. The predicted molar refractivity (Wildman–Crippen MR) is 109 cm³/mol. The average Bonchev–Trinajstić information content (AvgIpc) is 3.24. The lowest BCUT2D eigenvalue weighted by Crippen LogP contribution is -2.32. The van der Waals surface area contributed by atoms with E-state index in [-0.39, 0.29) is 22.9 Å². The summed E-state index contributed by atoms with van der Waals surface area (Å²) in [6.45, 7) is 0.976. The molecule has 3 rings (SSSR count). The number of benzene rings is 2. The number of carbonyl (C=O) groups is 1. The number of thiophene rings is 1. The molecular formula is C21H20N2O4S. The van der Waals surface area contributed by atoms with Crippen LogP contribution in [0.15, 0.2) is 66.0 Å². The van der Waals surface area contributed by atoms with Gasteiger partial charge in [0.15, 0.2) is 5.75 Å². The molecule has 6 nitrogen and oxygen atoms in total. The van der Waals surface area contributed by atoms with Crippen LogP contribution in [0.25, 0.3) is 0 Å². The largest absolute Gasteiger partial charge is 0.490 e. The van der Waals surface area contributed by atoms with Gasteiger partial charge in [-0.2, -0.15) is 0 Å². The van der Waals surface area contributed by atoms with Crippen molar-refractivity contribution in [3.63, 3.8) is 0 Å². The molecule has 0 bridgehead atoms. The molecule has 0 saturated heterocycles. The van der Waals surface area contributed by atoms with Crippen LogP contribution >= 0.6 is 11.3 Å². The summed E-state index contributed by atoms with van der Waals surface area (Å²) in [5.41, 5.74) is 1.19. The summed E-state index contributed by atoms with van der Waals surface area (Å²) in [5.74, 6) is -0.106. The second-order valence-corrected chi connectivity index (χ2v) is 7.22. The molecule has 0 radical (unpaired) electrons. The third-order valence-electron chi connectivity index (χ3n) is 4.35. The monoisotopic (exact) mass is 396 g/mol. The maximum atomic E-state index is 13.1. The molecule has 7 heteroatoms. The second-order valence-electron chi connectivity index (χ2n) is 6.19. The molecule has 1 amide bonds. The fourth-order valence-corrected chi connectivity index (χ4v) is 3.62. The third-order valence-corrected chi connectivity index (χ3v) is 5.21. The second kappa shape index (κ2) is 9.14. The van der Waals surface area contributed by atoms with Crippen LogP contribution in [0.5, 0.6) is 5.75 Å². The number of ether oxygens (including phenoxy) is 1. The van der Waals surface area contributed by atoms with Gasteiger partial charge in [0.05, 0.1) is 18.6 Å². The Kier molecular flexibility index (Phi) is 6.39. The van der Waals surface area contributed by atoms with Crippen LogP contribution in [-0.2, 0) is 13.0 Å². The Morgan fingerprint density at radius 2 is 1.93 bits per heavy atom. The van der Waals surface area contributed by atoms with Crippen molar-refractivity contribution in [1.82, 2.24) is 4.90 Å². The average molecular weight is 396 g/mol. The number of hydrogen-bond acceptors (Lipinski definition) is 5. The molecule has 3 aromatic rings. The number of hydrogen-bond donors (Lipinski definition) is 0. The van der Waals surface area contributed by atoms with Crippen molar-refractivity contribution in [2.75, 3.05) is 13.7 Å². The Balaban J connectivity index is 1.85. The van der Waals surface area contributed by atoms with Crippen molar-refractivity contribution in [2.24, 2.45) is 0 Å². The molecule has 0 aliphatic carbocycles. The molecule has 144 valence electrons. The smallest absolute Gasteiger partial charge is 0.311 e. The minimum atomic E-state index is -0.539. The number of nitro groups is 1. The van der Waals surface area contributed by atoms with Crippen LogP contribution in [0, 0.1) is 10.1 Å². The van der Waals surface area contributed by atoms with Crippen LogP contribution in [0.1, 0.15) is 20.8 Å². The first-order valence-corrected chi connectivity index (χ1v) is 9.64. The Hall–Kier alpha value is -3.19. The van der Waals surface area contributed by atoms with E-state index in [1.165, 1.54) is 19.2 Å². The van der Waals surface area contributed by atoms with Gasteiger partial charge in [0.1, 0.15) is 0 Å². The molecule has 0 unspecified atom stereocenters. The summed E-state index contributed by atoms with van der Waals surface area (Å²) in [4.78, 5) is 26.7. The van der Waals surface area contributed by atoms with Crippen molar-refractivity contribution in [3.8, 4) is 5.75 Å². The highest BCUT2D eigenvalue weighted by Crippen LogP contribution is 2.28. The standard InChI is InChI=1S/C21H20N2O4S/c1-27-20-10-9-17(14-19(20)23(25)26)21(24)22(15-18-8-5-13-28-18)12-11-16-6-3-2-4-7-16/h2-10,13-14H,11-12,15H2,1H3. The summed E-state index contributed by atoms with van der Waals surface area (Å²) >= 11 is 1.58. The molecule has 0 fully saturated rings. The van der Waals surface area contributed by atoms with Gasteiger partial charge in [-0.15, -0.1) is 11.3 Å². The molecule has 0 atom stereocenters. The summed E-state index contributed by atoms with van der Waals surface area (Å²) in [5, 5.41) is 13.3. The van der Waals surface area contributed by atoms with Crippen molar-refractivity contribution in [1.29, 1.82) is 0 Å².